The highest BCUT2D eigenvalue weighted by Gasteiger charge is 2.16. The van der Waals surface area contributed by atoms with Gasteiger partial charge in [-0.25, -0.2) is 4.98 Å². The molecule has 1 N–H and O–H groups in total. The second kappa shape index (κ2) is 8.45. The predicted octanol–water partition coefficient (Wildman–Crippen LogP) is 4.85. The summed E-state index contributed by atoms with van der Waals surface area (Å²) in [6.45, 7) is 6.26. The molecule has 30 heavy (non-hydrogen) atoms. The number of amides is 1. The van der Waals surface area contributed by atoms with Crippen molar-refractivity contribution in [3.05, 3.63) is 52.6 Å². The maximum absolute atomic E-state index is 12.4. The Kier molecular flexibility index (Phi) is 5.74. The van der Waals surface area contributed by atoms with E-state index in [4.69, 9.17) is 4.42 Å². The lowest BCUT2D eigenvalue weighted by Crippen LogP contribution is -2.14. The molecule has 0 aliphatic rings. The molecule has 0 fully saturated rings. The van der Waals surface area contributed by atoms with Crippen LogP contribution in [0.25, 0.3) is 22.8 Å². The molecule has 154 valence electrons. The van der Waals surface area contributed by atoms with Crippen LogP contribution in [0.15, 0.2) is 45.5 Å². The number of thioether (sulfide) groups is 1. The van der Waals surface area contributed by atoms with Crippen LogP contribution in [0, 0.1) is 20.8 Å². The summed E-state index contributed by atoms with van der Waals surface area (Å²) in [6.07, 6.45) is 1.59. The normalized spacial score (nSPS) is 11.1. The molecule has 0 radical (unpaired) electrons. The minimum Gasteiger partial charge on any atom is -0.461 e. The molecule has 0 atom stereocenters. The van der Waals surface area contributed by atoms with Gasteiger partial charge in [0, 0.05) is 18.0 Å². The number of anilines is 1. The molecule has 3 heterocycles. The fraction of sp³-hybridized carbons (Fsp3) is 0.238. The number of rotatable bonds is 6. The van der Waals surface area contributed by atoms with Gasteiger partial charge in [-0.05, 0) is 44.0 Å². The van der Waals surface area contributed by atoms with E-state index in [2.05, 4.69) is 53.4 Å². The highest BCUT2D eigenvalue weighted by atomic mass is 32.2. The number of hydrogen-bond acceptors (Lipinski definition) is 7. The van der Waals surface area contributed by atoms with Gasteiger partial charge in [-0.2, -0.15) is 0 Å². The van der Waals surface area contributed by atoms with Crippen LogP contribution in [-0.4, -0.2) is 31.4 Å². The minimum absolute atomic E-state index is 0.138. The van der Waals surface area contributed by atoms with Gasteiger partial charge < -0.3 is 14.3 Å². The SMILES string of the molecule is Cc1cc(C)c(-c2csc(NC(=O)CSc3nnc(-c4ccco4)n3C)n2)c(C)c1. The average Bonchev–Trinajstić information content (AvgIpc) is 3.41. The first-order chi connectivity index (χ1) is 14.4. The molecule has 0 saturated heterocycles. The number of aromatic nitrogens is 4. The Morgan fingerprint density at radius 1 is 1.23 bits per heavy atom. The molecule has 7 nitrogen and oxygen atoms in total. The largest absolute Gasteiger partial charge is 0.461 e. The van der Waals surface area contributed by atoms with E-state index >= 15 is 0 Å². The van der Waals surface area contributed by atoms with Crippen molar-refractivity contribution in [2.45, 2.75) is 25.9 Å². The number of nitrogens with one attached hydrogen (secondary N) is 1. The number of hydrogen-bond donors (Lipinski definition) is 1. The minimum atomic E-state index is -0.138. The molecule has 3 aromatic heterocycles. The zero-order chi connectivity index (χ0) is 21.3. The topological polar surface area (TPSA) is 85.8 Å². The molecular formula is C21H21N5O2S2. The molecular weight excluding hydrogens is 418 g/mol. The fourth-order valence-electron chi connectivity index (χ4n) is 3.38. The predicted molar refractivity (Wildman–Crippen MR) is 120 cm³/mol. The maximum atomic E-state index is 12.4. The Morgan fingerprint density at radius 3 is 2.70 bits per heavy atom. The first-order valence-electron chi connectivity index (χ1n) is 9.32. The van der Waals surface area contributed by atoms with Crippen LogP contribution in [0.2, 0.25) is 0 Å². The second-order valence-electron chi connectivity index (χ2n) is 6.99. The lowest BCUT2D eigenvalue weighted by molar-refractivity contribution is -0.113. The first-order valence-corrected chi connectivity index (χ1v) is 11.2. The van der Waals surface area contributed by atoms with Gasteiger partial charge in [0.05, 0.1) is 17.7 Å². The maximum Gasteiger partial charge on any atom is 0.236 e. The van der Waals surface area contributed by atoms with Gasteiger partial charge in [-0.15, -0.1) is 21.5 Å². The quantitative estimate of drug-likeness (QED) is 0.432. The highest BCUT2D eigenvalue weighted by molar-refractivity contribution is 7.99. The summed E-state index contributed by atoms with van der Waals surface area (Å²) in [7, 11) is 1.84. The van der Waals surface area contributed by atoms with Crippen molar-refractivity contribution in [3.63, 3.8) is 0 Å². The smallest absolute Gasteiger partial charge is 0.236 e. The van der Waals surface area contributed by atoms with Crippen LogP contribution in [-0.2, 0) is 11.8 Å². The Morgan fingerprint density at radius 2 is 2.00 bits per heavy atom. The zero-order valence-corrected chi connectivity index (χ0v) is 18.7. The first kappa shape index (κ1) is 20.4. The van der Waals surface area contributed by atoms with Crippen molar-refractivity contribution in [1.82, 2.24) is 19.7 Å². The summed E-state index contributed by atoms with van der Waals surface area (Å²) in [4.78, 5) is 17.0. The third-order valence-corrected chi connectivity index (χ3v) is 6.37. The summed E-state index contributed by atoms with van der Waals surface area (Å²) in [5, 5.41) is 14.4. The number of aryl methyl sites for hydroxylation is 3. The van der Waals surface area contributed by atoms with Crippen LogP contribution in [0.4, 0.5) is 5.13 Å². The lowest BCUT2D eigenvalue weighted by atomic mass is 9.98. The Balaban J connectivity index is 1.40. The summed E-state index contributed by atoms with van der Waals surface area (Å²) < 4.78 is 7.17. The van der Waals surface area contributed by atoms with E-state index in [-0.39, 0.29) is 11.7 Å². The Bertz CT molecular complexity index is 1170. The summed E-state index contributed by atoms with van der Waals surface area (Å²) in [5.74, 6) is 1.33. The van der Waals surface area contributed by atoms with Gasteiger partial charge in [0.25, 0.3) is 0 Å². The van der Waals surface area contributed by atoms with Gasteiger partial charge in [0.15, 0.2) is 21.9 Å². The number of carbonyl (C=O) groups is 1. The fourth-order valence-corrected chi connectivity index (χ4v) is 4.81. The Labute approximate surface area is 182 Å². The van der Waals surface area contributed by atoms with E-state index in [1.54, 1.807) is 16.9 Å². The van der Waals surface area contributed by atoms with Crippen molar-refractivity contribution >= 4 is 34.1 Å². The highest BCUT2D eigenvalue weighted by Crippen LogP contribution is 2.31. The van der Waals surface area contributed by atoms with Crippen molar-refractivity contribution in [2.24, 2.45) is 7.05 Å². The third kappa shape index (κ3) is 4.17. The zero-order valence-electron chi connectivity index (χ0n) is 17.1. The molecule has 0 bridgehead atoms. The molecule has 0 aliphatic carbocycles. The van der Waals surface area contributed by atoms with E-state index in [0.29, 0.717) is 21.9 Å². The third-order valence-electron chi connectivity index (χ3n) is 4.59. The molecule has 4 rings (SSSR count). The Hall–Kier alpha value is -2.91. The van der Waals surface area contributed by atoms with Crippen LogP contribution in [0.3, 0.4) is 0 Å². The van der Waals surface area contributed by atoms with E-state index in [0.717, 1.165) is 11.3 Å². The monoisotopic (exact) mass is 439 g/mol. The number of thiazole rings is 1. The van der Waals surface area contributed by atoms with Gasteiger partial charge in [0.1, 0.15) is 0 Å². The van der Waals surface area contributed by atoms with Gasteiger partial charge >= 0.3 is 0 Å². The molecule has 4 aromatic rings. The lowest BCUT2D eigenvalue weighted by Gasteiger charge is -2.08. The molecule has 0 aliphatic heterocycles. The van der Waals surface area contributed by atoms with Crippen molar-refractivity contribution in [3.8, 4) is 22.8 Å². The van der Waals surface area contributed by atoms with Crippen LogP contribution in [0.1, 0.15) is 16.7 Å². The van der Waals surface area contributed by atoms with Gasteiger partial charge in [0.2, 0.25) is 5.91 Å². The summed E-state index contributed by atoms with van der Waals surface area (Å²) in [6, 6.07) is 7.91. The molecule has 0 saturated carbocycles. The van der Waals surface area contributed by atoms with E-state index in [1.165, 1.54) is 39.8 Å². The van der Waals surface area contributed by atoms with E-state index < -0.39 is 0 Å². The number of nitrogens with zero attached hydrogens (tertiary/aromatic N) is 4. The number of furan rings is 1. The van der Waals surface area contributed by atoms with Crippen LogP contribution >= 0.6 is 23.1 Å². The van der Waals surface area contributed by atoms with E-state index in [1.807, 2.05) is 18.5 Å². The van der Waals surface area contributed by atoms with Gasteiger partial charge in [-0.1, -0.05) is 29.5 Å². The second-order valence-corrected chi connectivity index (χ2v) is 8.79. The van der Waals surface area contributed by atoms with Crippen LogP contribution in [0.5, 0.6) is 0 Å². The number of carbonyl (C=O) groups excluding carboxylic acids is 1. The molecule has 9 heteroatoms. The van der Waals surface area contributed by atoms with Crippen molar-refractivity contribution in [2.75, 3.05) is 11.1 Å². The molecule has 1 aromatic carbocycles. The standard InChI is InChI=1S/C21H21N5O2S2/c1-12-8-13(2)18(14(3)9-12)15-10-29-20(22-15)23-17(27)11-30-21-25-24-19(26(21)4)16-6-5-7-28-16/h5-10H,11H2,1-4H3,(H,22,23,27). The van der Waals surface area contributed by atoms with Crippen molar-refractivity contribution in [1.29, 1.82) is 0 Å². The van der Waals surface area contributed by atoms with Crippen LogP contribution < -0.4 is 5.32 Å². The summed E-state index contributed by atoms with van der Waals surface area (Å²) in [5.41, 5.74) is 5.60. The number of benzene rings is 1. The molecule has 0 spiro atoms. The van der Waals surface area contributed by atoms with Gasteiger partial charge in [-0.3, -0.25) is 4.79 Å². The van der Waals surface area contributed by atoms with Crippen molar-refractivity contribution < 1.29 is 9.21 Å². The molecule has 0 unspecified atom stereocenters. The average molecular weight is 440 g/mol. The molecule has 1 amide bonds. The van der Waals surface area contributed by atoms with E-state index in [9.17, 15) is 4.79 Å². The summed E-state index contributed by atoms with van der Waals surface area (Å²) >= 11 is 2.74.